The third-order valence-corrected chi connectivity index (χ3v) is 2.42. The Morgan fingerprint density at radius 3 is 1.55 bits per heavy atom. The molecule has 2 nitrogen and oxygen atoms in total. The second kappa shape index (κ2) is 5.56. The Kier molecular flexibility index (Phi) is 5.51. The van der Waals surface area contributed by atoms with Crippen LogP contribution in [0.5, 0.6) is 0 Å². The second-order valence-electron chi connectivity index (χ2n) is 2.95. The molecule has 0 amide bonds. The van der Waals surface area contributed by atoms with Crippen molar-refractivity contribution in [2.24, 2.45) is 5.92 Å². The summed E-state index contributed by atoms with van der Waals surface area (Å²) in [5.41, 5.74) is 0. The van der Waals surface area contributed by atoms with Crippen LogP contribution in [0.4, 0.5) is 0 Å². The van der Waals surface area contributed by atoms with Crippen molar-refractivity contribution in [1.82, 2.24) is 0 Å². The van der Waals surface area contributed by atoms with E-state index in [4.69, 9.17) is 9.47 Å². The van der Waals surface area contributed by atoms with Gasteiger partial charge in [0.15, 0.2) is 0 Å². The summed E-state index contributed by atoms with van der Waals surface area (Å²) < 4.78 is 10.5. The lowest BCUT2D eigenvalue weighted by Crippen LogP contribution is -2.29. The molecule has 0 bridgehead atoms. The maximum atomic E-state index is 5.25. The number of hydrogen-bond acceptors (Lipinski definition) is 2. The molecule has 2 unspecified atom stereocenters. The Labute approximate surface area is 69.9 Å². The first-order chi connectivity index (χ1) is 5.17. The van der Waals surface area contributed by atoms with Gasteiger partial charge in [0.2, 0.25) is 0 Å². The molecule has 0 rings (SSSR count). The molecule has 0 spiro atoms. The van der Waals surface area contributed by atoms with Crippen LogP contribution in [0.1, 0.15) is 27.2 Å². The fourth-order valence-corrected chi connectivity index (χ4v) is 1.40. The van der Waals surface area contributed by atoms with Gasteiger partial charge in [0, 0.05) is 20.1 Å². The first kappa shape index (κ1) is 10.9. The van der Waals surface area contributed by atoms with Gasteiger partial charge < -0.3 is 9.47 Å². The average molecular weight is 160 g/mol. The van der Waals surface area contributed by atoms with Crippen molar-refractivity contribution in [3.05, 3.63) is 0 Å². The first-order valence-corrected chi connectivity index (χ1v) is 4.22. The Morgan fingerprint density at radius 1 is 1.00 bits per heavy atom. The van der Waals surface area contributed by atoms with Crippen LogP contribution in [0.2, 0.25) is 0 Å². The van der Waals surface area contributed by atoms with E-state index in [9.17, 15) is 0 Å². The van der Waals surface area contributed by atoms with E-state index in [0.717, 1.165) is 6.42 Å². The monoisotopic (exact) mass is 160 g/mol. The molecule has 0 aromatic heterocycles. The molecule has 11 heavy (non-hydrogen) atoms. The molecule has 68 valence electrons. The van der Waals surface area contributed by atoms with Gasteiger partial charge in [0.1, 0.15) is 0 Å². The summed E-state index contributed by atoms with van der Waals surface area (Å²) >= 11 is 0. The summed E-state index contributed by atoms with van der Waals surface area (Å²) in [5, 5.41) is 0. The highest BCUT2D eigenvalue weighted by Crippen LogP contribution is 2.17. The number of rotatable bonds is 5. The van der Waals surface area contributed by atoms with Crippen LogP contribution in [0, 0.1) is 5.92 Å². The van der Waals surface area contributed by atoms with Crippen LogP contribution in [-0.2, 0) is 9.47 Å². The molecular formula is C9H20O2. The molecule has 2 heteroatoms. The van der Waals surface area contributed by atoms with E-state index in [0.29, 0.717) is 5.92 Å². The van der Waals surface area contributed by atoms with Gasteiger partial charge in [-0.1, -0.05) is 6.92 Å². The van der Waals surface area contributed by atoms with Crippen LogP contribution >= 0.6 is 0 Å². The van der Waals surface area contributed by atoms with Gasteiger partial charge in [-0.2, -0.15) is 0 Å². The minimum absolute atomic E-state index is 0.287. The number of methoxy groups -OCH3 is 2. The zero-order valence-corrected chi connectivity index (χ0v) is 8.26. The molecule has 0 N–H and O–H groups in total. The lowest BCUT2D eigenvalue weighted by molar-refractivity contribution is -0.0182. The number of hydrogen-bond donors (Lipinski definition) is 0. The molecular weight excluding hydrogens is 140 g/mol. The van der Waals surface area contributed by atoms with Crippen molar-refractivity contribution in [3.63, 3.8) is 0 Å². The normalized spacial score (nSPS) is 19.4. The zero-order valence-electron chi connectivity index (χ0n) is 8.26. The van der Waals surface area contributed by atoms with Crippen LogP contribution in [0.25, 0.3) is 0 Å². The van der Waals surface area contributed by atoms with E-state index in [1.165, 1.54) is 0 Å². The topological polar surface area (TPSA) is 18.5 Å². The standard InChI is InChI=1S/C9H20O2/c1-6-9(7(2)10-4)8(3)11-5/h7-9H,6H2,1-5H3. The maximum Gasteiger partial charge on any atom is 0.0595 e. The van der Waals surface area contributed by atoms with Crippen LogP contribution < -0.4 is 0 Å². The van der Waals surface area contributed by atoms with Crippen molar-refractivity contribution < 1.29 is 9.47 Å². The molecule has 0 aliphatic rings. The van der Waals surface area contributed by atoms with Gasteiger partial charge >= 0.3 is 0 Å². The fourth-order valence-electron chi connectivity index (χ4n) is 1.40. The van der Waals surface area contributed by atoms with Gasteiger partial charge in [-0.15, -0.1) is 0 Å². The SMILES string of the molecule is CCC(C(C)OC)C(C)OC. The fraction of sp³-hybridized carbons (Fsp3) is 1.00. The first-order valence-electron chi connectivity index (χ1n) is 4.22. The molecule has 0 saturated carbocycles. The molecule has 2 atom stereocenters. The highest BCUT2D eigenvalue weighted by molar-refractivity contribution is 4.70. The lowest BCUT2D eigenvalue weighted by Gasteiger charge is -2.26. The van der Waals surface area contributed by atoms with Crippen molar-refractivity contribution in [2.45, 2.75) is 39.4 Å². The highest BCUT2D eigenvalue weighted by Gasteiger charge is 2.21. The smallest absolute Gasteiger partial charge is 0.0595 e. The van der Waals surface area contributed by atoms with Crippen LogP contribution in [-0.4, -0.2) is 26.4 Å². The molecule has 0 aromatic carbocycles. The van der Waals surface area contributed by atoms with Crippen molar-refractivity contribution in [1.29, 1.82) is 0 Å². The van der Waals surface area contributed by atoms with E-state index in [1.54, 1.807) is 14.2 Å². The van der Waals surface area contributed by atoms with Crippen LogP contribution in [0.3, 0.4) is 0 Å². The van der Waals surface area contributed by atoms with Gasteiger partial charge in [-0.05, 0) is 20.3 Å². The zero-order chi connectivity index (χ0) is 8.85. The van der Waals surface area contributed by atoms with E-state index < -0.39 is 0 Å². The minimum Gasteiger partial charge on any atom is -0.381 e. The Morgan fingerprint density at radius 2 is 1.36 bits per heavy atom. The van der Waals surface area contributed by atoms with E-state index in [-0.39, 0.29) is 12.2 Å². The van der Waals surface area contributed by atoms with Gasteiger partial charge in [-0.25, -0.2) is 0 Å². The Bertz CT molecular complexity index is 83.6. The summed E-state index contributed by atoms with van der Waals surface area (Å²) in [4.78, 5) is 0. The second-order valence-corrected chi connectivity index (χ2v) is 2.95. The van der Waals surface area contributed by atoms with Gasteiger partial charge in [0.25, 0.3) is 0 Å². The maximum absolute atomic E-state index is 5.25. The number of ether oxygens (including phenoxy) is 2. The summed E-state index contributed by atoms with van der Waals surface area (Å²) in [7, 11) is 3.49. The van der Waals surface area contributed by atoms with Gasteiger partial charge in [0.05, 0.1) is 12.2 Å². The van der Waals surface area contributed by atoms with E-state index >= 15 is 0 Å². The van der Waals surface area contributed by atoms with Crippen molar-refractivity contribution in [3.8, 4) is 0 Å². The molecule has 0 radical (unpaired) electrons. The average Bonchev–Trinajstić information content (AvgIpc) is 2.05. The third kappa shape index (κ3) is 3.21. The van der Waals surface area contributed by atoms with Crippen molar-refractivity contribution in [2.75, 3.05) is 14.2 Å². The largest absolute Gasteiger partial charge is 0.381 e. The molecule has 0 aromatic rings. The van der Waals surface area contributed by atoms with Crippen LogP contribution in [0.15, 0.2) is 0 Å². The van der Waals surface area contributed by atoms with Gasteiger partial charge in [-0.3, -0.25) is 0 Å². The quantitative estimate of drug-likeness (QED) is 0.613. The molecule has 0 heterocycles. The molecule has 0 aliphatic carbocycles. The lowest BCUT2D eigenvalue weighted by atomic mass is 9.95. The predicted molar refractivity (Wildman–Crippen MR) is 46.7 cm³/mol. The molecule has 0 saturated heterocycles. The Balaban J connectivity index is 3.92. The highest BCUT2D eigenvalue weighted by atomic mass is 16.5. The summed E-state index contributed by atoms with van der Waals surface area (Å²) in [6.07, 6.45) is 1.68. The summed E-state index contributed by atoms with van der Waals surface area (Å²) in [6.45, 7) is 6.34. The molecule has 0 fully saturated rings. The van der Waals surface area contributed by atoms with E-state index in [1.807, 2.05) is 0 Å². The van der Waals surface area contributed by atoms with Crippen molar-refractivity contribution >= 4 is 0 Å². The summed E-state index contributed by atoms with van der Waals surface area (Å²) in [6, 6.07) is 0. The third-order valence-electron chi connectivity index (χ3n) is 2.42. The predicted octanol–water partition coefficient (Wildman–Crippen LogP) is 2.08. The van der Waals surface area contributed by atoms with E-state index in [2.05, 4.69) is 20.8 Å². The summed E-state index contributed by atoms with van der Waals surface area (Å²) in [5.74, 6) is 0.505. The Hall–Kier alpha value is -0.0800. The molecule has 0 aliphatic heterocycles. The minimum atomic E-state index is 0.287.